The summed E-state index contributed by atoms with van der Waals surface area (Å²) in [5.41, 5.74) is 2.61. The fourth-order valence-electron chi connectivity index (χ4n) is 4.67. The Labute approximate surface area is 219 Å². The van der Waals surface area contributed by atoms with Crippen molar-refractivity contribution < 1.29 is 9.13 Å². The van der Waals surface area contributed by atoms with Crippen molar-refractivity contribution in [2.75, 3.05) is 4.44 Å². The quantitative estimate of drug-likeness (QED) is 0.217. The van der Waals surface area contributed by atoms with Crippen LogP contribution < -0.4 is 25.7 Å². The molecule has 5 heteroatoms. The van der Waals surface area contributed by atoms with Crippen LogP contribution in [0.25, 0.3) is 0 Å². The molecule has 37 heavy (non-hydrogen) atoms. The van der Waals surface area contributed by atoms with Crippen LogP contribution in [-0.4, -0.2) is 0 Å². The molecular weight excluding hydrogens is 492 g/mol. The number of benzene rings is 5. The van der Waals surface area contributed by atoms with Gasteiger partial charge in [0.25, 0.3) is 0 Å². The van der Waals surface area contributed by atoms with Gasteiger partial charge in [0, 0.05) is 21.2 Å². The summed E-state index contributed by atoms with van der Waals surface area (Å²) >= 11 is 0. The second-order valence-corrected chi connectivity index (χ2v) is 14.6. The van der Waals surface area contributed by atoms with E-state index in [0.717, 1.165) is 11.1 Å². The minimum Gasteiger partial charge on any atom is -0.289 e. The molecule has 0 amide bonds. The summed E-state index contributed by atoms with van der Waals surface area (Å²) in [5, 5.41) is 2.53. The monoisotopic (exact) mass is 521 g/mol. The molecule has 0 N–H and O–H groups in total. The summed E-state index contributed by atoms with van der Waals surface area (Å²) in [6.07, 6.45) is 0. The van der Waals surface area contributed by atoms with Gasteiger partial charge in [-0.2, -0.15) is 0 Å². The number of anilines is 1. The molecule has 0 radical (unpaired) electrons. The van der Waals surface area contributed by atoms with Crippen LogP contribution in [0.3, 0.4) is 0 Å². The number of rotatable bonds is 7. The van der Waals surface area contributed by atoms with Crippen molar-refractivity contribution in [3.05, 3.63) is 151 Å². The second kappa shape index (κ2) is 10.4. The Hall–Kier alpha value is -3.64. The first-order valence-corrected chi connectivity index (χ1v) is 15.6. The molecule has 0 aliphatic heterocycles. The third kappa shape index (κ3) is 4.51. The molecule has 3 nitrogen and oxygen atoms in total. The van der Waals surface area contributed by atoms with Gasteiger partial charge in [0.05, 0.1) is 5.69 Å². The van der Waals surface area contributed by atoms with Crippen molar-refractivity contribution in [1.82, 2.24) is 0 Å². The van der Waals surface area contributed by atoms with Crippen molar-refractivity contribution in [3.8, 4) is 0 Å². The molecule has 184 valence electrons. The first kappa shape index (κ1) is 25.0. The van der Waals surface area contributed by atoms with E-state index >= 15 is 9.13 Å². The molecule has 0 aromatic heterocycles. The van der Waals surface area contributed by atoms with E-state index in [9.17, 15) is 0 Å². The van der Waals surface area contributed by atoms with E-state index in [0.29, 0.717) is 26.9 Å². The van der Waals surface area contributed by atoms with Gasteiger partial charge in [-0.3, -0.25) is 13.6 Å². The Morgan fingerprint density at radius 1 is 0.459 bits per heavy atom. The molecule has 0 fully saturated rings. The van der Waals surface area contributed by atoms with Crippen LogP contribution in [0.4, 0.5) is 5.69 Å². The number of aryl methyl sites for hydroxylation is 2. The highest BCUT2D eigenvalue weighted by Gasteiger charge is 2.47. The van der Waals surface area contributed by atoms with E-state index in [1.165, 1.54) is 0 Å². The predicted octanol–water partition coefficient (Wildman–Crippen LogP) is 6.97. The Bertz CT molecular complexity index is 1400. The molecule has 0 aliphatic rings. The summed E-state index contributed by atoms with van der Waals surface area (Å²) < 4.78 is 33.6. The van der Waals surface area contributed by atoms with E-state index in [1.54, 1.807) is 4.44 Å². The Morgan fingerprint density at radius 2 is 0.784 bits per heavy atom. The third-order valence-corrected chi connectivity index (χ3v) is 13.5. The van der Waals surface area contributed by atoms with E-state index < -0.39 is 14.6 Å². The van der Waals surface area contributed by atoms with E-state index in [4.69, 9.17) is 0 Å². The smallest absolute Gasteiger partial charge is 0.235 e. The average Bonchev–Trinajstić information content (AvgIpc) is 2.96. The van der Waals surface area contributed by atoms with E-state index in [1.807, 2.05) is 153 Å². The number of hydrogen-bond donors (Lipinski definition) is 0. The van der Waals surface area contributed by atoms with Gasteiger partial charge in [-0.25, -0.2) is 0 Å². The van der Waals surface area contributed by atoms with E-state index in [2.05, 4.69) is 0 Å². The van der Waals surface area contributed by atoms with Gasteiger partial charge in [-0.15, -0.1) is 0 Å². The minimum absolute atomic E-state index is 0.634. The molecule has 0 bridgehead atoms. The van der Waals surface area contributed by atoms with Crippen LogP contribution in [0.1, 0.15) is 11.1 Å². The zero-order valence-corrected chi connectivity index (χ0v) is 22.7. The molecule has 0 aliphatic carbocycles. The summed E-state index contributed by atoms with van der Waals surface area (Å²) in [7, 11) is -7.37. The Balaban J connectivity index is 1.97. The highest BCUT2D eigenvalue weighted by Crippen LogP contribution is 2.66. The van der Waals surface area contributed by atoms with Crippen LogP contribution in [-0.2, 0) is 9.13 Å². The molecule has 0 saturated carbocycles. The summed E-state index contributed by atoms with van der Waals surface area (Å²) in [6, 6.07) is 43.9. The minimum atomic E-state index is -3.69. The average molecular weight is 522 g/mol. The van der Waals surface area contributed by atoms with Gasteiger partial charge >= 0.3 is 0 Å². The maximum absolute atomic E-state index is 15.9. The van der Waals surface area contributed by atoms with Gasteiger partial charge < -0.3 is 0 Å². The molecule has 0 unspecified atom stereocenters. The lowest BCUT2D eigenvalue weighted by Crippen LogP contribution is -2.37. The van der Waals surface area contributed by atoms with Crippen LogP contribution in [0.5, 0.6) is 0 Å². The van der Waals surface area contributed by atoms with Crippen molar-refractivity contribution >= 4 is 41.5 Å². The molecule has 0 heterocycles. The standard InChI is InChI=1S/C32H29NO2P2/c1-26-23-24-27(2)32(25-26)33(36(34,28-15-7-3-8-16-28)29-17-9-4-10-18-29)37(35,30-19-11-5-12-20-30)31-21-13-6-14-22-31/h3-25H,1-2H3. The summed E-state index contributed by atoms with van der Waals surface area (Å²) in [4.78, 5) is 0. The summed E-state index contributed by atoms with van der Waals surface area (Å²) in [5.74, 6) is 0. The fourth-order valence-corrected chi connectivity index (χ4v) is 12.1. The van der Waals surface area contributed by atoms with Crippen molar-refractivity contribution in [2.24, 2.45) is 0 Å². The van der Waals surface area contributed by atoms with E-state index in [-0.39, 0.29) is 0 Å². The van der Waals surface area contributed by atoms with Gasteiger partial charge in [-0.1, -0.05) is 84.9 Å². The first-order chi connectivity index (χ1) is 18.0. The second-order valence-electron chi connectivity index (χ2n) is 9.07. The maximum Gasteiger partial charge on any atom is 0.235 e. The van der Waals surface area contributed by atoms with Crippen LogP contribution in [0.15, 0.2) is 140 Å². The van der Waals surface area contributed by atoms with Gasteiger partial charge in [-0.05, 0) is 79.6 Å². The summed E-state index contributed by atoms with van der Waals surface area (Å²) in [6.45, 7) is 4.00. The topological polar surface area (TPSA) is 37.4 Å². The number of nitrogens with zero attached hydrogens (tertiary/aromatic N) is 1. The maximum atomic E-state index is 15.9. The normalized spacial score (nSPS) is 11.7. The molecule has 0 spiro atoms. The number of hydrogen-bond acceptors (Lipinski definition) is 2. The molecule has 5 rings (SSSR count). The highest BCUT2D eigenvalue weighted by atomic mass is 31.2. The lowest BCUT2D eigenvalue weighted by Gasteiger charge is -2.41. The zero-order chi connectivity index (χ0) is 25.9. The van der Waals surface area contributed by atoms with Crippen molar-refractivity contribution in [1.29, 1.82) is 0 Å². The first-order valence-electron chi connectivity index (χ1n) is 12.3. The zero-order valence-electron chi connectivity index (χ0n) is 20.9. The van der Waals surface area contributed by atoms with Gasteiger partial charge in [0.15, 0.2) is 0 Å². The molecular formula is C32H29NO2P2. The van der Waals surface area contributed by atoms with Crippen LogP contribution >= 0.6 is 14.6 Å². The molecule has 5 aromatic carbocycles. The SMILES string of the molecule is Cc1ccc(C)c(N(P(=O)(c2ccccc2)c2ccccc2)P(=O)(c2ccccc2)c2ccccc2)c1. The lowest BCUT2D eigenvalue weighted by atomic mass is 10.1. The van der Waals surface area contributed by atoms with Gasteiger partial charge in [0.1, 0.15) is 0 Å². The predicted molar refractivity (Wildman–Crippen MR) is 158 cm³/mol. The molecule has 0 atom stereocenters. The van der Waals surface area contributed by atoms with Crippen LogP contribution in [0.2, 0.25) is 0 Å². The van der Waals surface area contributed by atoms with Crippen LogP contribution in [0, 0.1) is 13.8 Å². The molecule has 5 aromatic rings. The molecule has 0 saturated heterocycles. The largest absolute Gasteiger partial charge is 0.289 e. The lowest BCUT2D eigenvalue weighted by molar-refractivity contribution is 0.579. The third-order valence-electron chi connectivity index (χ3n) is 6.54. The van der Waals surface area contributed by atoms with Crippen molar-refractivity contribution in [3.63, 3.8) is 0 Å². The fraction of sp³-hybridized carbons (Fsp3) is 0.0625. The Morgan fingerprint density at radius 3 is 1.11 bits per heavy atom. The van der Waals surface area contributed by atoms with Crippen molar-refractivity contribution in [2.45, 2.75) is 13.8 Å². The Kier molecular flexibility index (Phi) is 7.02. The van der Waals surface area contributed by atoms with Gasteiger partial charge in [0.2, 0.25) is 14.6 Å². The highest BCUT2D eigenvalue weighted by molar-refractivity contribution is 7.96.